The molecule has 0 aromatic heterocycles. The van der Waals surface area contributed by atoms with E-state index in [1.165, 1.54) is 17.7 Å². The second-order valence-corrected chi connectivity index (χ2v) is 5.08. The lowest BCUT2D eigenvalue weighted by atomic mass is 10.1. The quantitative estimate of drug-likeness (QED) is 0.799. The molecule has 1 aromatic rings. The number of aryl methyl sites for hydroxylation is 1. The fourth-order valence-corrected chi connectivity index (χ4v) is 2.81. The van der Waals surface area contributed by atoms with Crippen LogP contribution in [0.5, 0.6) is 0 Å². The zero-order valence-corrected chi connectivity index (χ0v) is 11.5. The van der Waals surface area contributed by atoms with Gasteiger partial charge in [0.15, 0.2) is 0 Å². The van der Waals surface area contributed by atoms with E-state index in [-0.39, 0.29) is 0 Å². The Balaban J connectivity index is 2.89. The minimum absolute atomic E-state index is 0.595. The number of nitrogens with two attached hydrogens (primary N) is 1. The molecule has 1 rings (SSSR count). The van der Waals surface area contributed by atoms with Crippen LogP contribution in [0.25, 0.3) is 0 Å². The molecular formula is C13H22N2S. The second-order valence-electron chi connectivity index (χ2n) is 4.17. The SMILES string of the molecule is CCC(CSC)N(C)c1ccc(N)cc1C. The van der Waals surface area contributed by atoms with Gasteiger partial charge in [-0.15, -0.1) is 0 Å². The van der Waals surface area contributed by atoms with Crippen molar-refractivity contribution in [3.63, 3.8) is 0 Å². The van der Waals surface area contributed by atoms with Gasteiger partial charge in [0.25, 0.3) is 0 Å². The first-order chi connectivity index (χ1) is 7.60. The molecule has 1 atom stereocenters. The van der Waals surface area contributed by atoms with Crippen LogP contribution in [0.1, 0.15) is 18.9 Å². The number of nitrogen functional groups attached to an aromatic ring is 1. The summed E-state index contributed by atoms with van der Waals surface area (Å²) in [4.78, 5) is 2.37. The van der Waals surface area contributed by atoms with E-state index in [4.69, 9.17) is 5.73 Å². The van der Waals surface area contributed by atoms with Crippen molar-refractivity contribution in [3.8, 4) is 0 Å². The third kappa shape index (κ3) is 3.08. The van der Waals surface area contributed by atoms with Gasteiger partial charge in [0.05, 0.1) is 0 Å². The Morgan fingerprint density at radius 3 is 2.62 bits per heavy atom. The normalized spacial score (nSPS) is 12.5. The summed E-state index contributed by atoms with van der Waals surface area (Å²) in [5, 5.41) is 0. The van der Waals surface area contributed by atoms with Crippen molar-refractivity contribution >= 4 is 23.1 Å². The van der Waals surface area contributed by atoms with Crippen molar-refractivity contribution in [2.75, 3.05) is 29.7 Å². The molecule has 90 valence electrons. The Morgan fingerprint density at radius 2 is 2.12 bits per heavy atom. The molecule has 0 fully saturated rings. The summed E-state index contributed by atoms with van der Waals surface area (Å²) in [6, 6.07) is 6.73. The second kappa shape index (κ2) is 6.04. The zero-order valence-electron chi connectivity index (χ0n) is 10.7. The summed E-state index contributed by atoms with van der Waals surface area (Å²) in [7, 11) is 2.17. The molecule has 16 heavy (non-hydrogen) atoms. The van der Waals surface area contributed by atoms with E-state index in [2.05, 4.69) is 38.1 Å². The van der Waals surface area contributed by atoms with Gasteiger partial charge in [-0.3, -0.25) is 0 Å². The summed E-state index contributed by atoms with van der Waals surface area (Å²) in [6.07, 6.45) is 3.33. The number of thioether (sulfide) groups is 1. The zero-order chi connectivity index (χ0) is 12.1. The van der Waals surface area contributed by atoms with Gasteiger partial charge in [-0.2, -0.15) is 11.8 Å². The maximum absolute atomic E-state index is 5.77. The van der Waals surface area contributed by atoms with Gasteiger partial charge >= 0.3 is 0 Å². The number of hydrogen-bond acceptors (Lipinski definition) is 3. The molecule has 1 unspecified atom stereocenters. The van der Waals surface area contributed by atoms with Crippen LogP contribution in [0.4, 0.5) is 11.4 Å². The lowest BCUT2D eigenvalue weighted by Gasteiger charge is -2.30. The monoisotopic (exact) mass is 238 g/mol. The van der Waals surface area contributed by atoms with Gasteiger partial charge in [0.2, 0.25) is 0 Å². The fourth-order valence-electron chi connectivity index (χ4n) is 1.97. The van der Waals surface area contributed by atoms with Gasteiger partial charge in [0.1, 0.15) is 0 Å². The average Bonchev–Trinajstić information content (AvgIpc) is 2.25. The molecule has 0 aliphatic heterocycles. The summed E-state index contributed by atoms with van der Waals surface area (Å²) in [5.41, 5.74) is 9.15. The van der Waals surface area contributed by atoms with E-state index in [1.54, 1.807) is 0 Å². The predicted octanol–water partition coefficient (Wildman–Crippen LogP) is 3.16. The highest BCUT2D eigenvalue weighted by Crippen LogP contribution is 2.24. The van der Waals surface area contributed by atoms with E-state index in [9.17, 15) is 0 Å². The molecule has 1 aromatic carbocycles. The summed E-state index contributed by atoms with van der Waals surface area (Å²) in [6.45, 7) is 4.36. The van der Waals surface area contributed by atoms with Crippen LogP contribution in [0, 0.1) is 6.92 Å². The minimum Gasteiger partial charge on any atom is -0.399 e. The number of anilines is 2. The highest BCUT2D eigenvalue weighted by Gasteiger charge is 2.14. The maximum Gasteiger partial charge on any atom is 0.0397 e. The van der Waals surface area contributed by atoms with Crippen molar-refractivity contribution in [3.05, 3.63) is 23.8 Å². The van der Waals surface area contributed by atoms with Crippen LogP contribution in [0.15, 0.2) is 18.2 Å². The maximum atomic E-state index is 5.77. The first-order valence-electron chi connectivity index (χ1n) is 5.68. The average molecular weight is 238 g/mol. The molecule has 0 saturated heterocycles. The van der Waals surface area contributed by atoms with Crippen molar-refractivity contribution in [1.29, 1.82) is 0 Å². The van der Waals surface area contributed by atoms with Crippen molar-refractivity contribution < 1.29 is 0 Å². The lowest BCUT2D eigenvalue weighted by molar-refractivity contribution is 0.672. The molecule has 3 heteroatoms. The summed E-state index contributed by atoms with van der Waals surface area (Å²) in [5.74, 6) is 1.16. The van der Waals surface area contributed by atoms with Crippen LogP contribution in [0.2, 0.25) is 0 Å². The Morgan fingerprint density at radius 1 is 1.44 bits per heavy atom. The van der Waals surface area contributed by atoms with Gasteiger partial charge in [-0.1, -0.05) is 6.92 Å². The van der Waals surface area contributed by atoms with Crippen LogP contribution in [-0.4, -0.2) is 25.1 Å². The van der Waals surface area contributed by atoms with Crippen LogP contribution < -0.4 is 10.6 Å². The molecule has 0 radical (unpaired) electrons. The van der Waals surface area contributed by atoms with Crippen LogP contribution >= 0.6 is 11.8 Å². The van der Waals surface area contributed by atoms with Crippen molar-refractivity contribution in [2.45, 2.75) is 26.3 Å². The third-order valence-corrected chi connectivity index (χ3v) is 3.70. The first-order valence-corrected chi connectivity index (χ1v) is 7.07. The number of rotatable bonds is 5. The number of hydrogen-bond donors (Lipinski definition) is 1. The Hall–Kier alpha value is -0.830. The molecule has 0 aliphatic rings. The summed E-state index contributed by atoms with van der Waals surface area (Å²) < 4.78 is 0. The van der Waals surface area contributed by atoms with Gasteiger partial charge in [-0.25, -0.2) is 0 Å². The van der Waals surface area contributed by atoms with E-state index in [0.717, 1.165) is 11.4 Å². The molecule has 0 bridgehead atoms. The van der Waals surface area contributed by atoms with Gasteiger partial charge in [-0.05, 0) is 43.4 Å². The van der Waals surface area contributed by atoms with Gasteiger partial charge in [0, 0.05) is 30.2 Å². The minimum atomic E-state index is 0.595. The first kappa shape index (κ1) is 13.2. The van der Waals surface area contributed by atoms with Crippen LogP contribution in [0.3, 0.4) is 0 Å². The molecule has 2 nitrogen and oxygen atoms in total. The molecule has 0 spiro atoms. The molecule has 0 aliphatic carbocycles. The van der Waals surface area contributed by atoms with E-state index in [1.807, 2.05) is 23.9 Å². The number of benzene rings is 1. The Kier molecular flexibility index (Phi) is 5.00. The molecular weight excluding hydrogens is 216 g/mol. The van der Waals surface area contributed by atoms with Crippen molar-refractivity contribution in [1.82, 2.24) is 0 Å². The third-order valence-electron chi connectivity index (χ3n) is 2.98. The highest BCUT2D eigenvalue weighted by molar-refractivity contribution is 7.98. The number of nitrogens with zero attached hydrogens (tertiary/aromatic N) is 1. The molecule has 0 amide bonds. The largest absolute Gasteiger partial charge is 0.399 e. The fraction of sp³-hybridized carbons (Fsp3) is 0.538. The Bertz CT molecular complexity index is 339. The lowest BCUT2D eigenvalue weighted by Crippen LogP contribution is -2.33. The highest BCUT2D eigenvalue weighted by atomic mass is 32.2. The van der Waals surface area contributed by atoms with E-state index < -0.39 is 0 Å². The van der Waals surface area contributed by atoms with Gasteiger partial charge < -0.3 is 10.6 Å². The molecule has 2 N–H and O–H groups in total. The Labute approximate surface area is 103 Å². The van der Waals surface area contributed by atoms with E-state index in [0.29, 0.717) is 6.04 Å². The molecule has 0 heterocycles. The van der Waals surface area contributed by atoms with Crippen molar-refractivity contribution in [2.24, 2.45) is 0 Å². The summed E-state index contributed by atoms with van der Waals surface area (Å²) >= 11 is 1.90. The van der Waals surface area contributed by atoms with E-state index >= 15 is 0 Å². The standard InChI is InChI=1S/C13H22N2S/c1-5-12(9-16-4)15(3)13-7-6-11(14)8-10(13)2/h6-8,12H,5,9,14H2,1-4H3. The smallest absolute Gasteiger partial charge is 0.0397 e. The topological polar surface area (TPSA) is 29.3 Å². The predicted molar refractivity (Wildman–Crippen MR) is 76.5 cm³/mol. The van der Waals surface area contributed by atoms with Crippen LogP contribution in [-0.2, 0) is 0 Å². The molecule has 0 saturated carbocycles.